The molecule has 2 rings (SSSR count). The second-order valence-corrected chi connectivity index (χ2v) is 7.08. The van der Waals surface area contributed by atoms with Gasteiger partial charge in [0, 0.05) is 10.6 Å². The predicted molar refractivity (Wildman–Crippen MR) is 87.1 cm³/mol. The fourth-order valence-electron chi connectivity index (χ4n) is 3.21. The number of nitrogens with zero attached hydrogens (tertiary/aromatic N) is 2. The van der Waals surface area contributed by atoms with Crippen LogP contribution in [-0.2, 0) is 4.79 Å². The molecule has 0 aromatic heterocycles. The first-order chi connectivity index (χ1) is 10.7. The Kier molecular flexibility index (Phi) is 4.98. The molecule has 1 fully saturated rings. The van der Waals surface area contributed by atoms with Crippen molar-refractivity contribution in [2.75, 3.05) is 0 Å². The SMILES string of the molecule is C[C@@H](N)C(=O)N1C(C(C)(C)C#N)CC[C@H]1c1cc(Cl)ccc1F. The molecular formula is C17H21ClFN3O. The van der Waals surface area contributed by atoms with Gasteiger partial charge in [-0.1, -0.05) is 11.6 Å². The van der Waals surface area contributed by atoms with Gasteiger partial charge in [0.15, 0.2) is 0 Å². The summed E-state index contributed by atoms with van der Waals surface area (Å²) < 4.78 is 14.3. The van der Waals surface area contributed by atoms with Gasteiger partial charge >= 0.3 is 0 Å². The first-order valence-electron chi connectivity index (χ1n) is 7.63. The van der Waals surface area contributed by atoms with E-state index in [-0.39, 0.29) is 11.9 Å². The number of halogens is 2. The lowest BCUT2D eigenvalue weighted by molar-refractivity contribution is -0.137. The number of benzene rings is 1. The van der Waals surface area contributed by atoms with Gasteiger partial charge < -0.3 is 10.6 Å². The minimum atomic E-state index is -0.742. The maximum absolute atomic E-state index is 14.3. The van der Waals surface area contributed by atoms with Crippen LogP contribution in [0.2, 0.25) is 5.02 Å². The molecule has 3 atom stereocenters. The zero-order valence-corrected chi connectivity index (χ0v) is 14.3. The number of carbonyl (C=O) groups is 1. The fraction of sp³-hybridized carbons (Fsp3) is 0.529. The van der Waals surface area contributed by atoms with Crippen molar-refractivity contribution >= 4 is 17.5 Å². The standard InChI is InChI=1S/C17H21ClFN3O/c1-10(21)16(23)22-14(6-7-15(22)17(2,3)9-20)12-8-11(18)4-5-13(12)19/h4-5,8,10,14-15H,6-7,21H2,1-3H3/t10-,14+,15?/m1/s1. The summed E-state index contributed by atoms with van der Waals surface area (Å²) in [6, 6.07) is 5.10. The molecule has 23 heavy (non-hydrogen) atoms. The second-order valence-electron chi connectivity index (χ2n) is 6.64. The highest BCUT2D eigenvalue weighted by molar-refractivity contribution is 6.30. The third-order valence-electron chi connectivity index (χ3n) is 4.47. The normalized spacial score (nSPS) is 22.7. The summed E-state index contributed by atoms with van der Waals surface area (Å²) in [5, 5.41) is 9.85. The van der Waals surface area contributed by atoms with E-state index in [1.165, 1.54) is 12.1 Å². The van der Waals surface area contributed by atoms with E-state index in [1.807, 2.05) is 0 Å². The Balaban J connectivity index is 2.49. The van der Waals surface area contributed by atoms with E-state index in [4.69, 9.17) is 17.3 Å². The van der Waals surface area contributed by atoms with Crippen LogP contribution in [0.3, 0.4) is 0 Å². The van der Waals surface area contributed by atoms with E-state index < -0.39 is 23.3 Å². The van der Waals surface area contributed by atoms with Gasteiger partial charge in [-0.15, -0.1) is 0 Å². The molecular weight excluding hydrogens is 317 g/mol. The number of likely N-dealkylation sites (tertiary alicyclic amines) is 1. The Bertz CT molecular complexity index is 654. The largest absolute Gasteiger partial charge is 0.330 e. The Morgan fingerprint density at radius 3 is 2.74 bits per heavy atom. The number of carbonyl (C=O) groups excluding carboxylic acids is 1. The third-order valence-corrected chi connectivity index (χ3v) is 4.70. The van der Waals surface area contributed by atoms with Crippen LogP contribution in [0.15, 0.2) is 18.2 Å². The molecule has 0 bridgehead atoms. The molecule has 1 saturated heterocycles. The molecule has 1 amide bonds. The van der Waals surface area contributed by atoms with Gasteiger partial charge in [-0.05, 0) is 51.8 Å². The van der Waals surface area contributed by atoms with Crippen molar-refractivity contribution < 1.29 is 9.18 Å². The van der Waals surface area contributed by atoms with Crippen LogP contribution in [0, 0.1) is 22.6 Å². The van der Waals surface area contributed by atoms with E-state index in [2.05, 4.69) is 6.07 Å². The van der Waals surface area contributed by atoms with E-state index in [9.17, 15) is 14.4 Å². The van der Waals surface area contributed by atoms with Crippen molar-refractivity contribution in [2.45, 2.75) is 51.7 Å². The Labute approximate surface area is 141 Å². The minimum Gasteiger partial charge on any atom is -0.330 e. The highest BCUT2D eigenvalue weighted by Crippen LogP contribution is 2.44. The average molecular weight is 338 g/mol. The maximum atomic E-state index is 14.3. The molecule has 1 aromatic carbocycles. The summed E-state index contributed by atoms with van der Waals surface area (Å²) in [6.45, 7) is 5.17. The number of rotatable bonds is 3. The van der Waals surface area contributed by atoms with Crippen molar-refractivity contribution in [3.63, 3.8) is 0 Å². The summed E-state index contributed by atoms with van der Waals surface area (Å²) in [7, 11) is 0. The minimum absolute atomic E-state index is 0.278. The van der Waals surface area contributed by atoms with Crippen molar-refractivity contribution in [3.8, 4) is 6.07 Å². The van der Waals surface area contributed by atoms with E-state index >= 15 is 0 Å². The Hall–Kier alpha value is -1.64. The molecule has 0 radical (unpaired) electrons. The zero-order valence-electron chi connectivity index (χ0n) is 13.5. The molecule has 1 aromatic rings. The van der Waals surface area contributed by atoms with Crippen molar-refractivity contribution in [3.05, 3.63) is 34.6 Å². The van der Waals surface area contributed by atoms with Gasteiger partial charge in [-0.25, -0.2) is 4.39 Å². The fourth-order valence-corrected chi connectivity index (χ4v) is 3.39. The second kappa shape index (κ2) is 6.46. The van der Waals surface area contributed by atoms with Gasteiger partial charge in [0.2, 0.25) is 5.91 Å². The van der Waals surface area contributed by atoms with Gasteiger partial charge in [-0.2, -0.15) is 5.26 Å². The highest BCUT2D eigenvalue weighted by atomic mass is 35.5. The molecule has 2 N–H and O–H groups in total. The van der Waals surface area contributed by atoms with Crippen molar-refractivity contribution in [2.24, 2.45) is 11.1 Å². The molecule has 0 aliphatic carbocycles. The number of hydrogen-bond acceptors (Lipinski definition) is 3. The molecule has 1 aliphatic heterocycles. The first kappa shape index (κ1) is 17.7. The van der Waals surface area contributed by atoms with Gasteiger partial charge in [0.1, 0.15) is 5.82 Å². The molecule has 4 nitrogen and oxygen atoms in total. The lowest BCUT2D eigenvalue weighted by Crippen LogP contribution is -2.50. The summed E-state index contributed by atoms with van der Waals surface area (Å²) in [5.74, 6) is -0.683. The average Bonchev–Trinajstić information content (AvgIpc) is 2.94. The summed E-state index contributed by atoms with van der Waals surface area (Å²) in [6.07, 6.45) is 1.20. The molecule has 6 heteroatoms. The van der Waals surface area contributed by atoms with Crippen LogP contribution < -0.4 is 5.73 Å². The number of nitrogens with two attached hydrogens (primary N) is 1. The van der Waals surface area contributed by atoms with Crippen LogP contribution in [0.5, 0.6) is 0 Å². The quantitative estimate of drug-likeness (QED) is 0.918. The van der Waals surface area contributed by atoms with Crippen LogP contribution in [0.1, 0.15) is 45.2 Å². The van der Waals surface area contributed by atoms with Crippen LogP contribution in [0.25, 0.3) is 0 Å². The Morgan fingerprint density at radius 1 is 1.52 bits per heavy atom. The molecule has 1 heterocycles. The molecule has 124 valence electrons. The summed E-state index contributed by atoms with van der Waals surface area (Å²) in [5.41, 5.74) is 5.41. The van der Waals surface area contributed by atoms with Crippen molar-refractivity contribution in [1.29, 1.82) is 5.26 Å². The zero-order chi connectivity index (χ0) is 17.4. The number of hydrogen-bond donors (Lipinski definition) is 1. The number of amides is 1. The monoisotopic (exact) mass is 337 g/mol. The molecule has 1 unspecified atom stereocenters. The number of nitriles is 1. The van der Waals surface area contributed by atoms with E-state index in [1.54, 1.807) is 31.7 Å². The van der Waals surface area contributed by atoms with Gasteiger partial charge in [0.05, 0.1) is 29.6 Å². The lowest BCUT2D eigenvalue weighted by atomic mass is 9.84. The topological polar surface area (TPSA) is 70.1 Å². The Morgan fingerprint density at radius 2 is 2.17 bits per heavy atom. The van der Waals surface area contributed by atoms with Gasteiger partial charge in [0.25, 0.3) is 0 Å². The third kappa shape index (κ3) is 3.34. The van der Waals surface area contributed by atoms with Gasteiger partial charge in [-0.3, -0.25) is 4.79 Å². The van der Waals surface area contributed by atoms with Crippen LogP contribution in [-0.4, -0.2) is 22.9 Å². The summed E-state index contributed by atoms with van der Waals surface area (Å²) >= 11 is 5.99. The highest BCUT2D eigenvalue weighted by Gasteiger charge is 2.46. The van der Waals surface area contributed by atoms with Crippen LogP contribution >= 0.6 is 11.6 Å². The van der Waals surface area contributed by atoms with E-state index in [0.29, 0.717) is 23.4 Å². The first-order valence-corrected chi connectivity index (χ1v) is 8.00. The predicted octanol–water partition coefficient (Wildman–Crippen LogP) is 3.41. The smallest absolute Gasteiger partial charge is 0.240 e. The van der Waals surface area contributed by atoms with Crippen LogP contribution in [0.4, 0.5) is 4.39 Å². The van der Waals surface area contributed by atoms with E-state index in [0.717, 1.165) is 0 Å². The molecule has 1 aliphatic rings. The maximum Gasteiger partial charge on any atom is 0.240 e. The van der Waals surface area contributed by atoms with Crippen molar-refractivity contribution in [1.82, 2.24) is 4.90 Å². The summed E-state index contributed by atoms with van der Waals surface area (Å²) in [4.78, 5) is 14.2. The lowest BCUT2D eigenvalue weighted by Gasteiger charge is -2.37. The molecule has 0 spiro atoms. The molecule has 0 saturated carbocycles.